The van der Waals surface area contributed by atoms with Gasteiger partial charge in [-0.25, -0.2) is 4.39 Å². The molecule has 1 aliphatic heterocycles. The van der Waals surface area contributed by atoms with Crippen molar-refractivity contribution in [1.82, 2.24) is 4.90 Å². The zero-order valence-electron chi connectivity index (χ0n) is 12.1. The Balaban J connectivity index is 2.25. The number of likely N-dealkylation sites (tertiary alicyclic amines) is 1. The number of nitrogens with two attached hydrogens (primary N) is 1. The fourth-order valence-corrected chi connectivity index (χ4v) is 3.48. The predicted molar refractivity (Wildman–Crippen MR) is 77.3 cm³/mol. The third-order valence-electron chi connectivity index (χ3n) is 3.98. The van der Waals surface area contributed by atoms with E-state index in [-0.39, 0.29) is 17.9 Å². The number of nitrogens with zero attached hydrogens (tertiary/aromatic N) is 1. The molecule has 2 N–H and O–H groups in total. The van der Waals surface area contributed by atoms with Crippen molar-refractivity contribution in [1.29, 1.82) is 0 Å². The van der Waals surface area contributed by atoms with Gasteiger partial charge in [0.2, 0.25) is 0 Å². The standard InChI is InChI=1S/C16H25FN2/c1-11-7-12(2)10-19(9-11)16(13(3)18)14-5-4-6-15(17)8-14/h4-6,8,11-13,16H,7,9-10,18H2,1-3H3. The second-order valence-corrected chi connectivity index (χ2v) is 6.26. The summed E-state index contributed by atoms with van der Waals surface area (Å²) in [6.07, 6.45) is 1.27. The van der Waals surface area contributed by atoms with Crippen LogP contribution < -0.4 is 5.73 Å². The smallest absolute Gasteiger partial charge is 0.123 e. The second-order valence-electron chi connectivity index (χ2n) is 6.26. The molecule has 1 aromatic rings. The number of hydrogen-bond donors (Lipinski definition) is 1. The minimum absolute atomic E-state index is 0.000648. The summed E-state index contributed by atoms with van der Waals surface area (Å²) in [6, 6.07) is 6.99. The molecule has 0 aromatic heterocycles. The quantitative estimate of drug-likeness (QED) is 0.908. The number of hydrogen-bond acceptors (Lipinski definition) is 2. The number of halogens is 1. The Kier molecular flexibility index (Phi) is 4.58. The van der Waals surface area contributed by atoms with E-state index in [1.54, 1.807) is 12.1 Å². The molecule has 1 fully saturated rings. The van der Waals surface area contributed by atoms with Gasteiger partial charge < -0.3 is 5.73 Å². The minimum atomic E-state index is -0.179. The highest BCUT2D eigenvalue weighted by Crippen LogP contribution is 2.31. The SMILES string of the molecule is CC1CC(C)CN(C(c2cccc(F)c2)C(C)N)C1. The summed E-state index contributed by atoms with van der Waals surface area (Å²) in [7, 11) is 0. The van der Waals surface area contributed by atoms with Crippen LogP contribution in [-0.2, 0) is 0 Å². The third kappa shape index (κ3) is 3.54. The van der Waals surface area contributed by atoms with Crippen LogP contribution in [0.2, 0.25) is 0 Å². The Labute approximate surface area is 115 Å². The molecule has 2 rings (SSSR count). The average molecular weight is 264 g/mol. The monoisotopic (exact) mass is 264 g/mol. The Morgan fingerprint density at radius 2 is 1.89 bits per heavy atom. The van der Waals surface area contributed by atoms with Crippen molar-refractivity contribution in [3.05, 3.63) is 35.6 Å². The van der Waals surface area contributed by atoms with Crippen molar-refractivity contribution in [3.63, 3.8) is 0 Å². The predicted octanol–water partition coefficient (Wildman–Crippen LogP) is 3.19. The van der Waals surface area contributed by atoms with Crippen LogP contribution in [0.25, 0.3) is 0 Å². The molecular weight excluding hydrogens is 239 g/mol. The van der Waals surface area contributed by atoms with Gasteiger partial charge in [0, 0.05) is 25.2 Å². The molecule has 3 heteroatoms. The number of benzene rings is 1. The summed E-state index contributed by atoms with van der Waals surface area (Å²) >= 11 is 0. The fourth-order valence-electron chi connectivity index (χ4n) is 3.48. The Hall–Kier alpha value is -0.930. The van der Waals surface area contributed by atoms with Crippen LogP contribution in [-0.4, -0.2) is 24.0 Å². The highest BCUT2D eigenvalue weighted by atomic mass is 19.1. The molecule has 0 radical (unpaired) electrons. The summed E-state index contributed by atoms with van der Waals surface area (Å²) in [5, 5.41) is 0. The van der Waals surface area contributed by atoms with E-state index in [9.17, 15) is 4.39 Å². The molecule has 0 spiro atoms. The van der Waals surface area contributed by atoms with Crippen LogP contribution in [0.3, 0.4) is 0 Å². The van der Waals surface area contributed by atoms with E-state index in [1.165, 1.54) is 12.5 Å². The molecule has 1 saturated heterocycles. The molecule has 0 amide bonds. The minimum Gasteiger partial charge on any atom is -0.326 e. The molecule has 0 aliphatic carbocycles. The van der Waals surface area contributed by atoms with Crippen LogP contribution in [0.4, 0.5) is 4.39 Å². The van der Waals surface area contributed by atoms with Gasteiger partial charge in [0.25, 0.3) is 0 Å². The Morgan fingerprint density at radius 3 is 2.42 bits per heavy atom. The maximum atomic E-state index is 13.5. The first-order chi connectivity index (χ1) is 8.97. The summed E-state index contributed by atoms with van der Waals surface area (Å²) in [5.74, 6) is 1.18. The largest absolute Gasteiger partial charge is 0.326 e. The van der Waals surface area contributed by atoms with Gasteiger partial charge >= 0.3 is 0 Å². The first kappa shape index (κ1) is 14.5. The van der Waals surface area contributed by atoms with Gasteiger partial charge in [-0.3, -0.25) is 4.90 Å². The van der Waals surface area contributed by atoms with E-state index in [1.807, 2.05) is 13.0 Å². The van der Waals surface area contributed by atoms with Crippen LogP contribution in [0.1, 0.15) is 38.8 Å². The van der Waals surface area contributed by atoms with Crippen molar-refractivity contribution in [2.45, 2.75) is 39.3 Å². The lowest BCUT2D eigenvalue weighted by molar-refractivity contribution is 0.0845. The van der Waals surface area contributed by atoms with Crippen LogP contribution in [0, 0.1) is 17.7 Å². The van der Waals surface area contributed by atoms with Crippen molar-refractivity contribution < 1.29 is 4.39 Å². The molecule has 1 aliphatic rings. The molecular formula is C16H25FN2. The molecule has 1 aromatic carbocycles. The lowest BCUT2D eigenvalue weighted by atomic mass is 9.88. The second kappa shape index (κ2) is 6.02. The van der Waals surface area contributed by atoms with Crippen molar-refractivity contribution in [2.24, 2.45) is 17.6 Å². The van der Waals surface area contributed by atoms with Gasteiger partial charge in [-0.2, -0.15) is 0 Å². The Bertz CT molecular complexity index is 409. The van der Waals surface area contributed by atoms with Crippen molar-refractivity contribution >= 4 is 0 Å². The lowest BCUT2D eigenvalue weighted by Gasteiger charge is -2.42. The summed E-state index contributed by atoms with van der Waals surface area (Å²) < 4.78 is 13.5. The van der Waals surface area contributed by atoms with Crippen molar-refractivity contribution in [3.8, 4) is 0 Å². The molecule has 0 bridgehead atoms. The van der Waals surface area contributed by atoms with Gasteiger partial charge in [0.15, 0.2) is 0 Å². The van der Waals surface area contributed by atoms with Gasteiger partial charge in [-0.1, -0.05) is 26.0 Å². The molecule has 0 saturated carbocycles. The topological polar surface area (TPSA) is 29.3 Å². The zero-order chi connectivity index (χ0) is 14.0. The van der Waals surface area contributed by atoms with Crippen LogP contribution in [0.5, 0.6) is 0 Å². The molecule has 4 unspecified atom stereocenters. The maximum Gasteiger partial charge on any atom is 0.123 e. The normalized spacial score (nSPS) is 28.1. The highest BCUT2D eigenvalue weighted by molar-refractivity contribution is 5.22. The number of piperidine rings is 1. The fraction of sp³-hybridized carbons (Fsp3) is 0.625. The molecule has 1 heterocycles. The summed E-state index contributed by atoms with van der Waals surface area (Å²) in [6.45, 7) is 8.68. The van der Waals surface area contributed by atoms with Gasteiger partial charge in [0.05, 0.1) is 0 Å². The maximum absolute atomic E-state index is 13.5. The van der Waals surface area contributed by atoms with Crippen molar-refractivity contribution in [2.75, 3.05) is 13.1 Å². The number of rotatable bonds is 3. The third-order valence-corrected chi connectivity index (χ3v) is 3.98. The van der Waals surface area contributed by atoms with E-state index in [2.05, 4.69) is 18.7 Å². The first-order valence-corrected chi connectivity index (χ1v) is 7.22. The molecule has 4 atom stereocenters. The van der Waals surface area contributed by atoms with Crippen LogP contribution in [0.15, 0.2) is 24.3 Å². The molecule has 2 nitrogen and oxygen atoms in total. The molecule has 19 heavy (non-hydrogen) atoms. The van der Waals surface area contributed by atoms with Crippen LogP contribution >= 0.6 is 0 Å². The van der Waals surface area contributed by atoms with E-state index in [0.717, 1.165) is 18.7 Å². The van der Waals surface area contributed by atoms with E-state index in [0.29, 0.717) is 11.8 Å². The van der Waals surface area contributed by atoms with E-state index < -0.39 is 0 Å². The first-order valence-electron chi connectivity index (χ1n) is 7.22. The lowest BCUT2D eigenvalue weighted by Crippen LogP contribution is -2.46. The van der Waals surface area contributed by atoms with E-state index in [4.69, 9.17) is 5.73 Å². The Morgan fingerprint density at radius 1 is 1.26 bits per heavy atom. The molecule has 106 valence electrons. The van der Waals surface area contributed by atoms with Gasteiger partial charge in [0.1, 0.15) is 5.82 Å². The summed E-state index contributed by atoms with van der Waals surface area (Å²) in [5.41, 5.74) is 7.17. The highest BCUT2D eigenvalue weighted by Gasteiger charge is 2.30. The van der Waals surface area contributed by atoms with Gasteiger partial charge in [-0.05, 0) is 42.9 Å². The van der Waals surface area contributed by atoms with E-state index >= 15 is 0 Å². The van der Waals surface area contributed by atoms with Gasteiger partial charge in [-0.15, -0.1) is 0 Å². The summed E-state index contributed by atoms with van der Waals surface area (Å²) in [4.78, 5) is 2.43. The average Bonchev–Trinajstić information content (AvgIpc) is 2.27. The zero-order valence-corrected chi connectivity index (χ0v) is 12.1.